The molecule has 0 fully saturated rings. The number of ether oxygens (including phenoxy) is 2. The minimum atomic E-state index is -0.578. The van der Waals surface area contributed by atoms with Crippen LogP contribution in [0.5, 0.6) is 11.5 Å². The summed E-state index contributed by atoms with van der Waals surface area (Å²) in [7, 11) is 3.16. The van der Waals surface area contributed by atoms with Crippen molar-refractivity contribution in [1.29, 1.82) is 0 Å². The molecule has 1 aromatic carbocycles. The second-order valence-corrected chi connectivity index (χ2v) is 9.66. The molecule has 0 radical (unpaired) electrons. The number of carbonyl (C=O) groups is 2. The van der Waals surface area contributed by atoms with Gasteiger partial charge in [0.1, 0.15) is 17.3 Å². The number of pyridine rings is 1. The Morgan fingerprint density at radius 1 is 1.12 bits per heavy atom. The molecule has 1 aliphatic carbocycles. The monoisotopic (exact) mass is 461 g/mol. The van der Waals surface area contributed by atoms with Crippen LogP contribution in [0, 0.1) is 12.3 Å². The predicted octanol–water partition coefficient (Wildman–Crippen LogP) is 4.65. The van der Waals surface area contributed by atoms with Gasteiger partial charge in [-0.05, 0) is 43.9 Å². The molecule has 1 aromatic heterocycles. The molecule has 178 valence electrons. The fourth-order valence-corrected chi connectivity index (χ4v) is 4.90. The average Bonchev–Trinajstić information content (AvgIpc) is 2.76. The number of benzene rings is 1. The van der Waals surface area contributed by atoms with Gasteiger partial charge in [0.25, 0.3) is 5.91 Å². The summed E-state index contributed by atoms with van der Waals surface area (Å²) in [4.78, 5) is 31.6. The highest BCUT2D eigenvalue weighted by Gasteiger charge is 2.43. The van der Waals surface area contributed by atoms with Crippen LogP contribution in [-0.4, -0.2) is 30.9 Å². The minimum Gasteiger partial charge on any atom is -0.497 e. The van der Waals surface area contributed by atoms with Crippen LogP contribution < -0.4 is 20.1 Å². The summed E-state index contributed by atoms with van der Waals surface area (Å²) in [5.41, 5.74) is 4.04. The predicted molar refractivity (Wildman–Crippen MR) is 131 cm³/mol. The van der Waals surface area contributed by atoms with Gasteiger partial charge >= 0.3 is 0 Å². The van der Waals surface area contributed by atoms with E-state index >= 15 is 0 Å². The van der Waals surface area contributed by atoms with Crippen molar-refractivity contribution < 1.29 is 19.1 Å². The molecule has 7 heteroatoms. The molecule has 1 unspecified atom stereocenters. The smallest absolute Gasteiger partial charge is 0.255 e. The van der Waals surface area contributed by atoms with E-state index in [2.05, 4.69) is 29.5 Å². The largest absolute Gasteiger partial charge is 0.497 e. The van der Waals surface area contributed by atoms with E-state index in [4.69, 9.17) is 9.47 Å². The summed E-state index contributed by atoms with van der Waals surface area (Å²) < 4.78 is 11.1. The second-order valence-electron chi connectivity index (χ2n) is 9.66. The number of hydrogen-bond acceptors (Lipinski definition) is 6. The molecule has 1 amide bonds. The Kier molecular flexibility index (Phi) is 6.21. The van der Waals surface area contributed by atoms with Gasteiger partial charge in [-0.1, -0.05) is 26.0 Å². The van der Waals surface area contributed by atoms with Gasteiger partial charge in [-0.15, -0.1) is 0 Å². The highest BCUT2D eigenvalue weighted by atomic mass is 16.5. The lowest BCUT2D eigenvalue weighted by atomic mass is 9.68. The molecule has 1 aliphatic heterocycles. The Labute approximate surface area is 200 Å². The van der Waals surface area contributed by atoms with E-state index in [-0.39, 0.29) is 17.1 Å². The summed E-state index contributed by atoms with van der Waals surface area (Å²) in [6.45, 7) is 7.92. The summed E-state index contributed by atoms with van der Waals surface area (Å²) in [6, 6.07) is 10.9. The van der Waals surface area contributed by atoms with Crippen molar-refractivity contribution >= 4 is 17.5 Å². The number of ketones is 1. The number of Topliss-reactive ketones (excluding diaryl/α,β-unsaturated/α-hetero) is 1. The first-order valence-electron chi connectivity index (χ1n) is 11.3. The van der Waals surface area contributed by atoms with Crippen LogP contribution in [0.1, 0.15) is 50.8 Å². The molecule has 2 heterocycles. The molecule has 34 heavy (non-hydrogen) atoms. The molecule has 2 aliphatic rings. The van der Waals surface area contributed by atoms with Crippen LogP contribution in [0.4, 0.5) is 5.82 Å². The standard InChI is InChI=1S/C27H31N3O4/c1-15-8-7-9-22(28-15)30-26(32)23-16(2)29-19-13-27(3,4)14-20(31)25(19)24(23)18-11-10-17(33-5)12-21(18)34-6/h7-12,24,29H,13-14H2,1-6H3,(H,28,30,32). The van der Waals surface area contributed by atoms with E-state index in [1.165, 1.54) is 0 Å². The molecule has 4 rings (SSSR count). The molecular weight excluding hydrogens is 430 g/mol. The third-order valence-corrected chi connectivity index (χ3v) is 6.37. The van der Waals surface area contributed by atoms with Crippen molar-refractivity contribution in [2.24, 2.45) is 5.41 Å². The summed E-state index contributed by atoms with van der Waals surface area (Å²) >= 11 is 0. The molecule has 2 aromatic rings. The van der Waals surface area contributed by atoms with E-state index in [0.29, 0.717) is 47.0 Å². The Balaban J connectivity index is 1.86. The van der Waals surface area contributed by atoms with E-state index in [1.807, 2.05) is 38.1 Å². The van der Waals surface area contributed by atoms with Gasteiger partial charge in [0.15, 0.2) is 5.78 Å². The van der Waals surface area contributed by atoms with Crippen LogP contribution in [0.25, 0.3) is 0 Å². The lowest BCUT2D eigenvalue weighted by Crippen LogP contribution is -2.39. The summed E-state index contributed by atoms with van der Waals surface area (Å²) in [5, 5.41) is 6.31. The lowest BCUT2D eigenvalue weighted by Gasteiger charge is -2.40. The van der Waals surface area contributed by atoms with Crippen molar-refractivity contribution in [2.45, 2.75) is 46.5 Å². The Hall–Kier alpha value is -3.61. The SMILES string of the molecule is COc1ccc(C2C(C(=O)Nc3cccc(C)n3)=C(C)NC3=C2C(=O)CC(C)(C)C3)c(OC)c1. The van der Waals surface area contributed by atoms with E-state index < -0.39 is 5.92 Å². The number of aromatic nitrogens is 1. The third-order valence-electron chi connectivity index (χ3n) is 6.37. The number of anilines is 1. The van der Waals surface area contributed by atoms with Gasteiger partial charge < -0.3 is 20.1 Å². The first kappa shape index (κ1) is 23.5. The minimum absolute atomic E-state index is 0.0353. The van der Waals surface area contributed by atoms with E-state index in [1.54, 1.807) is 26.4 Å². The maximum absolute atomic E-state index is 13.7. The zero-order valence-electron chi connectivity index (χ0n) is 20.5. The third kappa shape index (κ3) is 4.42. The van der Waals surface area contributed by atoms with E-state index in [0.717, 1.165) is 17.0 Å². The number of dihydropyridines is 1. The molecule has 0 saturated carbocycles. The Bertz CT molecular complexity index is 1230. The van der Waals surface area contributed by atoms with Gasteiger partial charge in [-0.2, -0.15) is 0 Å². The molecule has 0 bridgehead atoms. The van der Waals surface area contributed by atoms with Gasteiger partial charge in [0.2, 0.25) is 0 Å². The maximum atomic E-state index is 13.7. The van der Waals surface area contributed by atoms with Gasteiger partial charge in [-0.25, -0.2) is 4.98 Å². The van der Waals surface area contributed by atoms with Crippen LogP contribution >= 0.6 is 0 Å². The quantitative estimate of drug-likeness (QED) is 0.674. The summed E-state index contributed by atoms with van der Waals surface area (Å²) in [5.74, 6) is 0.799. The van der Waals surface area contributed by atoms with Gasteiger partial charge in [0, 0.05) is 46.3 Å². The molecule has 0 saturated heterocycles. The number of nitrogens with zero attached hydrogens (tertiary/aromatic N) is 1. The highest BCUT2D eigenvalue weighted by Crippen LogP contribution is 2.49. The lowest BCUT2D eigenvalue weighted by molar-refractivity contribution is -0.118. The maximum Gasteiger partial charge on any atom is 0.255 e. The van der Waals surface area contributed by atoms with Crippen molar-refractivity contribution in [3.05, 3.63) is 70.2 Å². The average molecular weight is 462 g/mol. The summed E-state index contributed by atoms with van der Waals surface area (Å²) in [6.07, 6.45) is 1.13. The van der Waals surface area contributed by atoms with Crippen LogP contribution in [-0.2, 0) is 9.59 Å². The number of aryl methyl sites for hydroxylation is 1. The van der Waals surface area contributed by atoms with Crippen LogP contribution in [0.15, 0.2) is 58.9 Å². The first-order chi connectivity index (χ1) is 16.1. The van der Waals surface area contributed by atoms with Crippen molar-refractivity contribution in [3.8, 4) is 11.5 Å². The second kappa shape index (κ2) is 8.97. The first-order valence-corrected chi connectivity index (χ1v) is 11.3. The zero-order chi connectivity index (χ0) is 24.6. The number of rotatable bonds is 5. The van der Waals surface area contributed by atoms with Crippen LogP contribution in [0.2, 0.25) is 0 Å². The molecule has 7 nitrogen and oxygen atoms in total. The highest BCUT2D eigenvalue weighted by molar-refractivity contribution is 6.09. The number of allylic oxidation sites excluding steroid dienone is 3. The number of hydrogen-bond donors (Lipinski definition) is 2. The normalized spacial score (nSPS) is 19.4. The zero-order valence-corrected chi connectivity index (χ0v) is 20.5. The number of nitrogens with one attached hydrogen (secondary N) is 2. The van der Waals surface area contributed by atoms with Crippen molar-refractivity contribution in [1.82, 2.24) is 10.3 Å². The topological polar surface area (TPSA) is 89.5 Å². The van der Waals surface area contributed by atoms with Crippen molar-refractivity contribution in [2.75, 3.05) is 19.5 Å². The van der Waals surface area contributed by atoms with Crippen LogP contribution in [0.3, 0.4) is 0 Å². The molecule has 2 N–H and O–H groups in total. The Morgan fingerprint density at radius 3 is 2.56 bits per heavy atom. The molecule has 0 spiro atoms. The fraction of sp³-hybridized carbons (Fsp3) is 0.370. The van der Waals surface area contributed by atoms with Gasteiger partial charge in [-0.3, -0.25) is 9.59 Å². The van der Waals surface area contributed by atoms with E-state index in [9.17, 15) is 9.59 Å². The fourth-order valence-electron chi connectivity index (χ4n) is 4.90. The Morgan fingerprint density at radius 2 is 1.88 bits per heavy atom. The number of carbonyl (C=O) groups excluding carboxylic acids is 2. The van der Waals surface area contributed by atoms with Gasteiger partial charge in [0.05, 0.1) is 20.1 Å². The molecule has 1 atom stereocenters. The number of amides is 1. The number of methoxy groups -OCH3 is 2. The molecular formula is C27H31N3O4. The van der Waals surface area contributed by atoms with Crippen molar-refractivity contribution in [3.63, 3.8) is 0 Å².